The monoisotopic (exact) mass is 287 g/mol. The largest absolute Gasteiger partial charge is 0.370 e. The number of aromatic nitrogens is 2. The zero-order chi connectivity index (χ0) is 14.2. The first-order chi connectivity index (χ1) is 10.3. The molecule has 1 atom stereocenters. The molecule has 21 heavy (non-hydrogen) atoms. The van der Waals surface area contributed by atoms with E-state index in [1.165, 1.54) is 38.8 Å². The lowest BCUT2D eigenvalue weighted by Crippen LogP contribution is -2.50. The third kappa shape index (κ3) is 2.71. The molecule has 3 fully saturated rings. The molecule has 1 unspecified atom stereocenters. The van der Waals surface area contributed by atoms with Crippen molar-refractivity contribution in [3.05, 3.63) is 11.9 Å². The van der Waals surface area contributed by atoms with Crippen LogP contribution >= 0.6 is 0 Å². The van der Waals surface area contributed by atoms with E-state index in [4.69, 9.17) is 4.98 Å². The smallest absolute Gasteiger partial charge is 0.136 e. The Morgan fingerprint density at radius 3 is 2.90 bits per heavy atom. The number of anilines is 2. The van der Waals surface area contributed by atoms with Gasteiger partial charge in [-0.15, -0.1) is 0 Å². The molecule has 5 nitrogen and oxygen atoms in total. The molecule has 0 radical (unpaired) electrons. The minimum absolute atomic E-state index is 0.607. The van der Waals surface area contributed by atoms with E-state index in [0.717, 1.165) is 43.1 Å². The van der Waals surface area contributed by atoms with Gasteiger partial charge in [-0.05, 0) is 39.2 Å². The van der Waals surface area contributed by atoms with Crippen LogP contribution in [0.5, 0.6) is 0 Å². The average molecular weight is 287 g/mol. The van der Waals surface area contributed by atoms with Crippen LogP contribution < -0.4 is 10.2 Å². The summed E-state index contributed by atoms with van der Waals surface area (Å²) < 4.78 is 0. The van der Waals surface area contributed by atoms with Gasteiger partial charge in [-0.1, -0.05) is 0 Å². The number of nitrogens with zero attached hydrogens (tertiary/aromatic N) is 4. The quantitative estimate of drug-likeness (QED) is 0.918. The molecule has 0 amide bonds. The Kier molecular flexibility index (Phi) is 3.45. The first-order valence-corrected chi connectivity index (χ1v) is 8.45. The summed E-state index contributed by atoms with van der Waals surface area (Å²) >= 11 is 0. The molecule has 2 aliphatic heterocycles. The molecule has 3 aliphatic rings. The van der Waals surface area contributed by atoms with Crippen LogP contribution in [0.2, 0.25) is 0 Å². The van der Waals surface area contributed by atoms with Gasteiger partial charge >= 0.3 is 0 Å². The molecule has 1 N–H and O–H groups in total. The average Bonchev–Trinajstić information content (AvgIpc) is 3.25. The van der Waals surface area contributed by atoms with Crippen molar-refractivity contribution < 1.29 is 0 Å². The second-order valence-electron chi connectivity index (χ2n) is 6.55. The van der Waals surface area contributed by atoms with Crippen molar-refractivity contribution in [1.82, 2.24) is 14.9 Å². The minimum Gasteiger partial charge on any atom is -0.370 e. The van der Waals surface area contributed by atoms with Crippen molar-refractivity contribution in [2.45, 2.75) is 44.6 Å². The Bertz CT molecular complexity index is 513. The maximum atomic E-state index is 4.87. The molecule has 0 aromatic carbocycles. The molecule has 1 aromatic rings. The SMILES string of the molecule is CCNc1cc(N2CCN3CCCC3C2)nc(C2CC2)n1. The van der Waals surface area contributed by atoms with Gasteiger partial charge in [0.15, 0.2) is 0 Å². The van der Waals surface area contributed by atoms with Crippen LogP contribution in [0.1, 0.15) is 44.3 Å². The molecule has 4 rings (SSSR count). The highest BCUT2D eigenvalue weighted by molar-refractivity contribution is 5.50. The maximum Gasteiger partial charge on any atom is 0.136 e. The summed E-state index contributed by atoms with van der Waals surface area (Å²) in [6.45, 7) is 7.74. The fourth-order valence-corrected chi connectivity index (χ4v) is 3.61. The molecular weight excluding hydrogens is 262 g/mol. The minimum atomic E-state index is 0.607. The van der Waals surface area contributed by atoms with Crippen LogP contribution in [0.3, 0.4) is 0 Å². The van der Waals surface area contributed by atoms with E-state index in [2.05, 4.69) is 33.1 Å². The maximum absolute atomic E-state index is 4.87. The zero-order valence-corrected chi connectivity index (χ0v) is 12.9. The second-order valence-corrected chi connectivity index (χ2v) is 6.55. The standard InChI is InChI=1S/C16H25N5/c1-2-17-14-10-15(19-16(18-14)12-5-6-12)21-9-8-20-7-3-4-13(20)11-21/h10,12-13H,2-9,11H2,1H3,(H,17,18,19). The van der Waals surface area contributed by atoms with Gasteiger partial charge < -0.3 is 10.2 Å². The predicted octanol–water partition coefficient (Wildman–Crippen LogP) is 2.07. The van der Waals surface area contributed by atoms with Gasteiger partial charge in [0, 0.05) is 44.2 Å². The van der Waals surface area contributed by atoms with Crippen molar-refractivity contribution >= 4 is 11.6 Å². The first-order valence-electron chi connectivity index (χ1n) is 8.45. The van der Waals surface area contributed by atoms with Crippen molar-refractivity contribution in [1.29, 1.82) is 0 Å². The van der Waals surface area contributed by atoms with E-state index >= 15 is 0 Å². The molecule has 1 aromatic heterocycles. The lowest BCUT2D eigenvalue weighted by Gasteiger charge is -2.38. The first kappa shape index (κ1) is 13.3. The van der Waals surface area contributed by atoms with E-state index < -0.39 is 0 Å². The van der Waals surface area contributed by atoms with Gasteiger partial charge in [0.25, 0.3) is 0 Å². The van der Waals surface area contributed by atoms with Gasteiger partial charge in [0.2, 0.25) is 0 Å². The van der Waals surface area contributed by atoms with Crippen LogP contribution in [0.25, 0.3) is 0 Å². The Morgan fingerprint density at radius 2 is 2.10 bits per heavy atom. The molecule has 0 bridgehead atoms. The molecule has 0 spiro atoms. The number of rotatable bonds is 4. The van der Waals surface area contributed by atoms with Crippen molar-refractivity contribution in [3.8, 4) is 0 Å². The van der Waals surface area contributed by atoms with Crippen LogP contribution in [0, 0.1) is 0 Å². The molecular formula is C16H25N5. The Balaban J connectivity index is 1.58. The summed E-state index contributed by atoms with van der Waals surface area (Å²) in [5, 5.41) is 3.37. The number of hydrogen-bond acceptors (Lipinski definition) is 5. The highest BCUT2D eigenvalue weighted by atomic mass is 15.3. The molecule has 1 aliphatic carbocycles. The van der Waals surface area contributed by atoms with Gasteiger partial charge in [-0.25, -0.2) is 9.97 Å². The Labute approximate surface area is 126 Å². The predicted molar refractivity (Wildman–Crippen MR) is 85.0 cm³/mol. The topological polar surface area (TPSA) is 44.3 Å². The summed E-state index contributed by atoms with van der Waals surface area (Å²) in [6.07, 6.45) is 5.21. The van der Waals surface area contributed by atoms with E-state index in [0.29, 0.717) is 5.92 Å². The molecule has 3 heterocycles. The lowest BCUT2D eigenvalue weighted by atomic mass is 10.1. The highest BCUT2D eigenvalue weighted by Crippen LogP contribution is 2.39. The van der Waals surface area contributed by atoms with Crippen molar-refractivity contribution in [2.24, 2.45) is 0 Å². The molecule has 2 saturated heterocycles. The molecule has 1 saturated carbocycles. The van der Waals surface area contributed by atoms with E-state index in [-0.39, 0.29) is 0 Å². The number of nitrogens with one attached hydrogen (secondary N) is 1. The molecule has 114 valence electrons. The van der Waals surface area contributed by atoms with Gasteiger partial charge in [-0.2, -0.15) is 0 Å². The van der Waals surface area contributed by atoms with Crippen LogP contribution in [0.15, 0.2) is 6.07 Å². The normalized spacial score (nSPS) is 26.0. The van der Waals surface area contributed by atoms with E-state index in [1.807, 2.05) is 0 Å². The highest BCUT2D eigenvalue weighted by Gasteiger charge is 2.32. The number of piperazine rings is 1. The summed E-state index contributed by atoms with van der Waals surface area (Å²) in [5.74, 6) is 3.79. The molecule has 5 heteroatoms. The van der Waals surface area contributed by atoms with Crippen LogP contribution in [0.4, 0.5) is 11.6 Å². The Morgan fingerprint density at radius 1 is 1.19 bits per heavy atom. The van der Waals surface area contributed by atoms with Gasteiger partial charge in [0.1, 0.15) is 17.5 Å². The third-order valence-electron chi connectivity index (χ3n) is 4.94. The summed E-state index contributed by atoms with van der Waals surface area (Å²) in [4.78, 5) is 14.7. The van der Waals surface area contributed by atoms with Gasteiger partial charge in [-0.3, -0.25) is 4.90 Å². The van der Waals surface area contributed by atoms with Crippen molar-refractivity contribution in [3.63, 3.8) is 0 Å². The summed E-state index contributed by atoms with van der Waals surface area (Å²) in [7, 11) is 0. The fraction of sp³-hybridized carbons (Fsp3) is 0.750. The number of fused-ring (bicyclic) bond motifs is 1. The fourth-order valence-electron chi connectivity index (χ4n) is 3.61. The zero-order valence-electron chi connectivity index (χ0n) is 12.9. The van der Waals surface area contributed by atoms with Crippen LogP contribution in [-0.2, 0) is 0 Å². The van der Waals surface area contributed by atoms with E-state index in [9.17, 15) is 0 Å². The Hall–Kier alpha value is -1.36. The van der Waals surface area contributed by atoms with Crippen LogP contribution in [-0.4, -0.2) is 53.6 Å². The van der Waals surface area contributed by atoms with Crippen molar-refractivity contribution in [2.75, 3.05) is 42.9 Å². The van der Waals surface area contributed by atoms with E-state index in [1.54, 1.807) is 0 Å². The van der Waals surface area contributed by atoms with Gasteiger partial charge in [0.05, 0.1) is 0 Å². The summed E-state index contributed by atoms with van der Waals surface area (Å²) in [6, 6.07) is 2.88. The summed E-state index contributed by atoms with van der Waals surface area (Å²) in [5.41, 5.74) is 0. The second kappa shape index (κ2) is 5.44. The lowest BCUT2D eigenvalue weighted by molar-refractivity contribution is 0.230. The third-order valence-corrected chi connectivity index (χ3v) is 4.94. The number of hydrogen-bond donors (Lipinski definition) is 1.